The summed E-state index contributed by atoms with van der Waals surface area (Å²) in [4.78, 5) is 4.37. The van der Waals surface area contributed by atoms with Crippen LogP contribution >= 0.6 is 11.6 Å². The van der Waals surface area contributed by atoms with Gasteiger partial charge in [-0.2, -0.15) is 0 Å². The lowest BCUT2D eigenvalue weighted by atomic mass is 10.3. The van der Waals surface area contributed by atoms with Crippen molar-refractivity contribution in [1.82, 2.24) is 9.55 Å². The van der Waals surface area contributed by atoms with E-state index in [9.17, 15) is 0 Å². The highest BCUT2D eigenvalue weighted by Gasteiger charge is 2.06. The minimum Gasteiger partial charge on any atom is -0.489 e. The predicted octanol–water partition coefficient (Wildman–Crippen LogP) is 4.35. The van der Waals surface area contributed by atoms with Crippen molar-refractivity contribution >= 4 is 17.3 Å². The Balaban J connectivity index is 2.00. The second-order valence-electron chi connectivity index (χ2n) is 5.20. The van der Waals surface area contributed by atoms with E-state index in [2.05, 4.69) is 21.8 Å². The molecule has 0 fully saturated rings. The van der Waals surface area contributed by atoms with E-state index in [1.54, 1.807) is 0 Å². The van der Waals surface area contributed by atoms with Crippen molar-refractivity contribution in [2.75, 3.05) is 5.32 Å². The number of anilines is 1. The maximum Gasteiger partial charge on any atom is 0.138 e. The van der Waals surface area contributed by atoms with Gasteiger partial charge in [0.05, 0.1) is 17.7 Å². The molecule has 4 nitrogen and oxygen atoms in total. The fourth-order valence-electron chi connectivity index (χ4n) is 2.09. The Morgan fingerprint density at radius 2 is 2.19 bits per heavy atom. The quantitative estimate of drug-likeness (QED) is 0.826. The fraction of sp³-hybridized carbons (Fsp3) is 0.438. The zero-order valence-electron chi connectivity index (χ0n) is 12.8. The molecule has 0 aliphatic heterocycles. The maximum atomic E-state index is 6.23. The van der Waals surface area contributed by atoms with Crippen LogP contribution in [0.5, 0.6) is 5.75 Å². The van der Waals surface area contributed by atoms with Gasteiger partial charge in [-0.3, -0.25) is 0 Å². The second kappa shape index (κ2) is 7.36. The Morgan fingerprint density at radius 3 is 2.86 bits per heavy atom. The van der Waals surface area contributed by atoms with E-state index in [0.717, 1.165) is 24.5 Å². The number of nitrogens with one attached hydrogen (secondary N) is 1. The lowest BCUT2D eigenvalue weighted by Crippen LogP contribution is -2.09. The summed E-state index contributed by atoms with van der Waals surface area (Å²) in [6, 6.07) is 5.74. The molecule has 0 amide bonds. The number of ether oxygens (including phenoxy) is 1. The SMILES string of the molecule is CCCn1ccnc1CNc1ccc(OC(C)C)c(Cl)c1. The number of aromatic nitrogens is 2. The fourth-order valence-corrected chi connectivity index (χ4v) is 2.32. The Labute approximate surface area is 131 Å². The molecule has 1 N–H and O–H groups in total. The molecule has 1 heterocycles. The third kappa shape index (κ3) is 4.39. The summed E-state index contributed by atoms with van der Waals surface area (Å²) in [5.41, 5.74) is 0.960. The normalized spacial score (nSPS) is 10.9. The van der Waals surface area contributed by atoms with Crippen LogP contribution in [0.2, 0.25) is 5.02 Å². The van der Waals surface area contributed by atoms with Crippen molar-refractivity contribution in [3.63, 3.8) is 0 Å². The summed E-state index contributed by atoms with van der Waals surface area (Å²) in [6.45, 7) is 7.78. The molecule has 0 bridgehead atoms. The Hall–Kier alpha value is -1.68. The zero-order chi connectivity index (χ0) is 15.2. The summed E-state index contributed by atoms with van der Waals surface area (Å²) >= 11 is 6.23. The first-order valence-electron chi connectivity index (χ1n) is 7.30. The Kier molecular flexibility index (Phi) is 5.51. The number of aryl methyl sites for hydroxylation is 1. The van der Waals surface area contributed by atoms with E-state index < -0.39 is 0 Å². The van der Waals surface area contributed by atoms with Crippen molar-refractivity contribution in [3.8, 4) is 5.75 Å². The number of benzene rings is 1. The van der Waals surface area contributed by atoms with Gasteiger partial charge in [0.15, 0.2) is 0 Å². The molecule has 1 aromatic carbocycles. The van der Waals surface area contributed by atoms with Gasteiger partial charge in [0.25, 0.3) is 0 Å². The van der Waals surface area contributed by atoms with Crippen LogP contribution in [0.3, 0.4) is 0 Å². The first-order chi connectivity index (χ1) is 10.1. The molecule has 0 saturated heterocycles. The third-order valence-corrected chi connectivity index (χ3v) is 3.31. The van der Waals surface area contributed by atoms with Gasteiger partial charge >= 0.3 is 0 Å². The van der Waals surface area contributed by atoms with E-state index in [-0.39, 0.29) is 6.10 Å². The molecule has 0 aliphatic rings. The molecule has 2 rings (SSSR count). The summed E-state index contributed by atoms with van der Waals surface area (Å²) in [5, 5.41) is 3.96. The number of hydrogen-bond acceptors (Lipinski definition) is 3. The molecule has 5 heteroatoms. The van der Waals surface area contributed by atoms with Crippen molar-refractivity contribution in [3.05, 3.63) is 41.4 Å². The number of imidazole rings is 1. The van der Waals surface area contributed by atoms with Gasteiger partial charge in [0, 0.05) is 24.6 Å². The number of halogens is 1. The highest BCUT2D eigenvalue weighted by atomic mass is 35.5. The van der Waals surface area contributed by atoms with Crippen LogP contribution in [0, 0.1) is 0 Å². The maximum absolute atomic E-state index is 6.23. The largest absolute Gasteiger partial charge is 0.489 e. The number of rotatable bonds is 7. The third-order valence-electron chi connectivity index (χ3n) is 3.01. The minimum absolute atomic E-state index is 0.114. The van der Waals surface area contributed by atoms with Crippen LogP contribution in [0.4, 0.5) is 5.69 Å². The van der Waals surface area contributed by atoms with Crippen molar-refractivity contribution in [2.24, 2.45) is 0 Å². The summed E-state index contributed by atoms with van der Waals surface area (Å²) in [5.74, 6) is 1.74. The molecular formula is C16H22ClN3O. The Morgan fingerprint density at radius 1 is 1.38 bits per heavy atom. The summed E-state index contributed by atoms with van der Waals surface area (Å²) < 4.78 is 7.78. The molecular weight excluding hydrogens is 286 g/mol. The van der Waals surface area contributed by atoms with Crippen LogP contribution in [-0.2, 0) is 13.1 Å². The van der Waals surface area contributed by atoms with Crippen molar-refractivity contribution < 1.29 is 4.74 Å². The lowest BCUT2D eigenvalue weighted by molar-refractivity contribution is 0.242. The van der Waals surface area contributed by atoms with E-state index in [0.29, 0.717) is 17.3 Å². The molecule has 0 aliphatic carbocycles. The molecule has 1 aromatic heterocycles. The molecule has 0 radical (unpaired) electrons. The lowest BCUT2D eigenvalue weighted by Gasteiger charge is -2.13. The monoisotopic (exact) mass is 307 g/mol. The second-order valence-corrected chi connectivity index (χ2v) is 5.61. The standard InChI is InChI=1S/C16H22ClN3O/c1-4-8-20-9-7-18-16(20)11-19-13-5-6-15(14(17)10-13)21-12(2)3/h5-7,9-10,12,19H,4,8,11H2,1-3H3. The summed E-state index contributed by atoms with van der Waals surface area (Å²) in [6.07, 6.45) is 5.05. The molecule has 0 atom stereocenters. The van der Waals surface area contributed by atoms with E-state index >= 15 is 0 Å². The van der Waals surface area contributed by atoms with E-state index in [4.69, 9.17) is 16.3 Å². The van der Waals surface area contributed by atoms with Gasteiger partial charge in [-0.15, -0.1) is 0 Å². The highest BCUT2D eigenvalue weighted by molar-refractivity contribution is 6.32. The topological polar surface area (TPSA) is 39.1 Å². The van der Waals surface area contributed by atoms with Crippen LogP contribution in [0.15, 0.2) is 30.6 Å². The number of hydrogen-bond donors (Lipinski definition) is 1. The molecule has 0 saturated carbocycles. The Bertz CT molecular complexity index is 581. The molecule has 0 spiro atoms. The van der Waals surface area contributed by atoms with Crippen molar-refractivity contribution in [2.45, 2.75) is 46.4 Å². The van der Waals surface area contributed by atoms with Crippen LogP contribution < -0.4 is 10.1 Å². The van der Waals surface area contributed by atoms with E-state index in [1.165, 1.54) is 0 Å². The first-order valence-corrected chi connectivity index (χ1v) is 7.68. The van der Waals surface area contributed by atoms with Gasteiger partial charge in [-0.1, -0.05) is 18.5 Å². The van der Waals surface area contributed by atoms with Crippen LogP contribution in [0.1, 0.15) is 33.0 Å². The smallest absolute Gasteiger partial charge is 0.138 e. The molecule has 2 aromatic rings. The van der Waals surface area contributed by atoms with Gasteiger partial charge in [0.1, 0.15) is 11.6 Å². The predicted molar refractivity (Wildman–Crippen MR) is 87.1 cm³/mol. The molecule has 21 heavy (non-hydrogen) atoms. The van der Waals surface area contributed by atoms with Gasteiger partial charge in [-0.05, 0) is 38.5 Å². The van der Waals surface area contributed by atoms with Crippen LogP contribution in [0.25, 0.3) is 0 Å². The highest BCUT2D eigenvalue weighted by Crippen LogP contribution is 2.28. The van der Waals surface area contributed by atoms with Gasteiger partial charge < -0.3 is 14.6 Å². The molecule has 114 valence electrons. The van der Waals surface area contributed by atoms with E-state index in [1.807, 2.05) is 44.4 Å². The average Bonchev–Trinajstić information content (AvgIpc) is 2.87. The van der Waals surface area contributed by atoms with Gasteiger partial charge in [-0.25, -0.2) is 4.98 Å². The minimum atomic E-state index is 0.114. The average molecular weight is 308 g/mol. The summed E-state index contributed by atoms with van der Waals surface area (Å²) in [7, 11) is 0. The van der Waals surface area contributed by atoms with Crippen LogP contribution in [-0.4, -0.2) is 15.7 Å². The van der Waals surface area contributed by atoms with Gasteiger partial charge in [0.2, 0.25) is 0 Å². The zero-order valence-corrected chi connectivity index (χ0v) is 13.5. The van der Waals surface area contributed by atoms with Crippen molar-refractivity contribution in [1.29, 1.82) is 0 Å². The first kappa shape index (κ1) is 15.7. The number of nitrogens with zero attached hydrogens (tertiary/aromatic N) is 2. The molecule has 0 unspecified atom stereocenters.